The van der Waals surface area contributed by atoms with Gasteiger partial charge in [-0.2, -0.15) is 5.10 Å². The maximum absolute atomic E-state index is 12.7. The molecule has 0 unspecified atom stereocenters. The summed E-state index contributed by atoms with van der Waals surface area (Å²) in [6, 6.07) is 1.81. The highest BCUT2D eigenvalue weighted by Crippen LogP contribution is 2.43. The van der Waals surface area contributed by atoms with Gasteiger partial charge >= 0.3 is 0 Å². The summed E-state index contributed by atoms with van der Waals surface area (Å²) in [5, 5.41) is 6.91. The Morgan fingerprint density at radius 2 is 1.88 bits per heavy atom. The average molecular weight is 472 g/mol. The minimum Gasteiger partial charge on any atom is -0.352 e. The third-order valence-corrected chi connectivity index (χ3v) is 5.36. The van der Waals surface area contributed by atoms with Gasteiger partial charge in [0.25, 0.3) is 0 Å². The highest BCUT2D eigenvalue weighted by molar-refractivity contribution is 5.76. The van der Waals surface area contributed by atoms with Crippen molar-refractivity contribution in [3.05, 3.63) is 42.4 Å². The molecular formula is C23H33F4N5O. The van der Waals surface area contributed by atoms with Crippen LogP contribution in [0.1, 0.15) is 69.5 Å². The maximum Gasteiger partial charge on any atom is 0.248 e. The van der Waals surface area contributed by atoms with Crippen LogP contribution in [0.2, 0.25) is 0 Å². The second-order valence-electron chi connectivity index (χ2n) is 8.54. The van der Waals surface area contributed by atoms with Gasteiger partial charge in [0.1, 0.15) is 0 Å². The Bertz CT molecular complexity index is 899. The number of alkyl halides is 4. The van der Waals surface area contributed by atoms with Crippen LogP contribution in [-0.4, -0.2) is 32.4 Å². The van der Waals surface area contributed by atoms with Crippen LogP contribution in [-0.2, 0) is 17.9 Å². The zero-order valence-corrected chi connectivity index (χ0v) is 19.0. The van der Waals surface area contributed by atoms with Crippen LogP contribution in [0, 0.1) is 5.92 Å². The molecule has 33 heavy (non-hydrogen) atoms. The zero-order chi connectivity index (χ0) is 24.5. The molecule has 0 aromatic carbocycles. The summed E-state index contributed by atoms with van der Waals surface area (Å²) >= 11 is 0. The fourth-order valence-corrected chi connectivity index (χ4v) is 3.69. The van der Waals surface area contributed by atoms with E-state index in [4.69, 9.17) is 5.73 Å². The van der Waals surface area contributed by atoms with E-state index < -0.39 is 11.8 Å². The summed E-state index contributed by atoms with van der Waals surface area (Å²) in [5.41, 5.74) is 7.71. The molecular weight excluding hydrogens is 438 g/mol. The summed E-state index contributed by atoms with van der Waals surface area (Å²) in [6.45, 7) is 5.89. The number of allylic oxidation sites excluding steroid dienone is 1. The Labute approximate surface area is 191 Å². The van der Waals surface area contributed by atoms with Gasteiger partial charge in [0.05, 0.1) is 18.1 Å². The third-order valence-electron chi connectivity index (χ3n) is 5.36. The van der Waals surface area contributed by atoms with E-state index in [0.29, 0.717) is 31.6 Å². The lowest BCUT2D eigenvalue weighted by Gasteiger charge is -2.34. The number of imidazole rings is 1. The molecule has 0 saturated heterocycles. The highest BCUT2D eigenvalue weighted by atomic mass is 19.3. The Morgan fingerprint density at radius 3 is 2.39 bits per heavy atom. The lowest BCUT2D eigenvalue weighted by Crippen LogP contribution is -2.38. The molecule has 2 heterocycles. The summed E-state index contributed by atoms with van der Waals surface area (Å²) < 4.78 is 51.4. The van der Waals surface area contributed by atoms with Crippen LogP contribution in [0.25, 0.3) is 5.65 Å². The molecule has 4 rings (SSSR count). The number of nitrogens with one attached hydrogen (secondary N) is 1. The number of aromatic nitrogens is 3. The van der Waals surface area contributed by atoms with Crippen molar-refractivity contribution in [2.45, 2.75) is 83.2 Å². The molecule has 10 heteroatoms. The largest absolute Gasteiger partial charge is 0.352 e. The second-order valence-corrected chi connectivity index (χ2v) is 8.54. The normalized spacial score (nSPS) is 18.7. The van der Waals surface area contributed by atoms with Gasteiger partial charge in [-0.3, -0.25) is 4.79 Å². The molecule has 1 amide bonds. The molecule has 2 fully saturated rings. The van der Waals surface area contributed by atoms with E-state index in [9.17, 15) is 22.4 Å². The third kappa shape index (κ3) is 9.11. The fraction of sp³-hybridized carbons (Fsp3) is 0.609. The number of hydrogen-bond acceptors (Lipinski definition) is 4. The lowest BCUT2D eigenvalue weighted by atomic mass is 9.79. The van der Waals surface area contributed by atoms with Crippen LogP contribution >= 0.6 is 0 Å². The molecule has 0 spiro atoms. The number of rotatable bonds is 5. The Kier molecular flexibility index (Phi) is 9.82. The van der Waals surface area contributed by atoms with E-state index in [1.807, 2.05) is 13.0 Å². The van der Waals surface area contributed by atoms with Crippen LogP contribution in [0.5, 0.6) is 0 Å². The number of halogens is 4. The molecule has 6 nitrogen and oxygen atoms in total. The lowest BCUT2D eigenvalue weighted by molar-refractivity contribution is -0.133. The van der Waals surface area contributed by atoms with Gasteiger partial charge in [-0.1, -0.05) is 12.5 Å². The number of nitrogens with two attached hydrogens (primary N) is 1. The summed E-state index contributed by atoms with van der Waals surface area (Å²) in [4.78, 5) is 16.0. The SMILES string of the molecule is C=CC.FC1(F)CCCCC1.NCc1cn2ncc(CNC(=O)CC3CC(F)(F)C3)cc2n1. The van der Waals surface area contributed by atoms with Crippen LogP contribution < -0.4 is 11.1 Å². The van der Waals surface area contributed by atoms with Gasteiger partial charge in [-0.25, -0.2) is 27.1 Å². The first-order valence-electron chi connectivity index (χ1n) is 11.2. The molecule has 0 atom stereocenters. The molecule has 184 valence electrons. The highest BCUT2D eigenvalue weighted by Gasteiger charge is 2.45. The monoisotopic (exact) mass is 471 g/mol. The first-order valence-corrected chi connectivity index (χ1v) is 11.2. The number of nitrogens with zero attached hydrogens (tertiary/aromatic N) is 3. The standard InChI is InChI=1S/C14H17F2N5O.C6H10F2.C3H6/c15-14(16)3-9(4-14)2-13(22)18-6-10-1-12-20-11(5-17)8-21(12)19-7-10;7-6(8)4-2-1-3-5-6;1-3-2/h1,7-9H,2-6,17H2,(H,18,22);1-5H2;3H,1H2,2H3. The minimum atomic E-state index is -2.58. The Hall–Kier alpha value is -2.49. The molecule has 2 aromatic rings. The van der Waals surface area contributed by atoms with Gasteiger partial charge in [-0.15, -0.1) is 6.58 Å². The van der Waals surface area contributed by atoms with Gasteiger partial charge in [0, 0.05) is 45.2 Å². The number of amides is 1. The first kappa shape index (κ1) is 26.8. The average Bonchev–Trinajstić information content (AvgIpc) is 3.14. The van der Waals surface area contributed by atoms with Crippen molar-refractivity contribution < 1.29 is 22.4 Å². The molecule has 0 aliphatic heterocycles. The van der Waals surface area contributed by atoms with Crippen molar-refractivity contribution in [3.8, 4) is 0 Å². The van der Waals surface area contributed by atoms with Gasteiger partial charge < -0.3 is 11.1 Å². The smallest absolute Gasteiger partial charge is 0.248 e. The summed E-state index contributed by atoms with van der Waals surface area (Å²) in [6.07, 6.45) is 7.55. The van der Waals surface area contributed by atoms with Crippen molar-refractivity contribution in [3.63, 3.8) is 0 Å². The maximum atomic E-state index is 12.7. The van der Waals surface area contributed by atoms with Crippen molar-refractivity contribution >= 4 is 11.6 Å². The Morgan fingerprint density at radius 1 is 1.24 bits per heavy atom. The van der Waals surface area contributed by atoms with E-state index >= 15 is 0 Å². The van der Waals surface area contributed by atoms with E-state index in [2.05, 4.69) is 22.0 Å². The van der Waals surface area contributed by atoms with Gasteiger partial charge in [0.2, 0.25) is 17.8 Å². The van der Waals surface area contributed by atoms with E-state index in [-0.39, 0.29) is 43.9 Å². The van der Waals surface area contributed by atoms with Crippen LogP contribution in [0.4, 0.5) is 17.6 Å². The molecule has 0 radical (unpaired) electrons. The predicted octanol–water partition coefficient (Wildman–Crippen LogP) is 5.02. The van der Waals surface area contributed by atoms with Gasteiger partial charge in [-0.05, 0) is 37.3 Å². The van der Waals surface area contributed by atoms with Gasteiger partial charge in [0.15, 0.2) is 5.65 Å². The van der Waals surface area contributed by atoms with E-state index in [0.717, 1.165) is 17.7 Å². The quantitative estimate of drug-likeness (QED) is 0.474. The molecule has 2 aliphatic rings. The predicted molar refractivity (Wildman–Crippen MR) is 119 cm³/mol. The summed E-state index contributed by atoms with van der Waals surface area (Å²) in [5.74, 6) is -5.33. The number of carbonyl (C=O) groups is 1. The fourth-order valence-electron chi connectivity index (χ4n) is 3.69. The number of carbonyl (C=O) groups excluding carboxylic acids is 1. The van der Waals surface area contributed by atoms with Crippen LogP contribution in [0.15, 0.2) is 31.1 Å². The molecule has 2 saturated carbocycles. The van der Waals surface area contributed by atoms with Crippen molar-refractivity contribution in [2.24, 2.45) is 11.7 Å². The molecule has 3 N–H and O–H groups in total. The second kappa shape index (κ2) is 12.1. The van der Waals surface area contributed by atoms with E-state index in [1.54, 1.807) is 23.0 Å². The van der Waals surface area contributed by atoms with Crippen molar-refractivity contribution in [1.82, 2.24) is 19.9 Å². The first-order chi connectivity index (χ1) is 15.6. The molecule has 0 bridgehead atoms. The van der Waals surface area contributed by atoms with Crippen LogP contribution in [0.3, 0.4) is 0 Å². The molecule has 2 aliphatic carbocycles. The van der Waals surface area contributed by atoms with E-state index in [1.165, 1.54) is 0 Å². The minimum absolute atomic E-state index is 0.118. The molecule has 2 aromatic heterocycles. The van der Waals surface area contributed by atoms with Crippen molar-refractivity contribution in [1.29, 1.82) is 0 Å². The summed E-state index contributed by atoms with van der Waals surface area (Å²) in [7, 11) is 0. The topological polar surface area (TPSA) is 85.3 Å². The number of hydrogen-bond donors (Lipinski definition) is 2. The number of fused-ring (bicyclic) bond motifs is 1. The Balaban J connectivity index is 0.000000291. The van der Waals surface area contributed by atoms with Crippen molar-refractivity contribution in [2.75, 3.05) is 0 Å². The zero-order valence-electron chi connectivity index (χ0n) is 19.0.